The molecule has 0 aliphatic rings. The van der Waals surface area contributed by atoms with Crippen molar-refractivity contribution in [3.63, 3.8) is 0 Å². The molecule has 80 valence electrons. The second kappa shape index (κ2) is 5.69. The van der Waals surface area contributed by atoms with Crippen LogP contribution in [0.25, 0.3) is 0 Å². The Balaban J connectivity index is 4.58. The van der Waals surface area contributed by atoms with E-state index in [9.17, 15) is 0 Å². The summed E-state index contributed by atoms with van der Waals surface area (Å²) in [4.78, 5) is 0. The molecule has 0 aromatic rings. The van der Waals surface area contributed by atoms with Gasteiger partial charge in [-0.1, -0.05) is 52.8 Å². The van der Waals surface area contributed by atoms with Crippen LogP contribution in [0, 0.1) is 11.3 Å². The molecule has 0 radical (unpaired) electrons. The minimum atomic E-state index is 0.243. The van der Waals surface area contributed by atoms with E-state index in [1.807, 2.05) is 12.3 Å². The second-order valence-electron chi connectivity index (χ2n) is 4.76. The lowest BCUT2D eigenvalue weighted by Crippen LogP contribution is -2.14. The maximum atomic E-state index is 3.58. The third-order valence-corrected chi connectivity index (χ3v) is 2.07. The van der Waals surface area contributed by atoms with Crippen molar-refractivity contribution in [1.29, 1.82) is 0 Å². The van der Waals surface area contributed by atoms with Gasteiger partial charge >= 0.3 is 0 Å². The first-order valence-electron chi connectivity index (χ1n) is 5.13. The molecule has 0 fully saturated rings. The Morgan fingerprint density at radius 3 is 2.21 bits per heavy atom. The molecule has 0 aromatic heterocycles. The molecule has 0 aliphatic heterocycles. The third-order valence-electron chi connectivity index (χ3n) is 2.07. The van der Waals surface area contributed by atoms with Crippen molar-refractivity contribution in [2.75, 3.05) is 0 Å². The van der Waals surface area contributed by atoms with Crippen molar-refractivity contribution in [3.05, 3.63) is 36.7 Å². The smallest absolute Gasteiger partial charge is 0.000417 e. The van der Waals surface area contributed by atoms with Crippen LogP contribution in [-0.4, -0.2) is 0 Å². The first-order chi connectivity index (χ1) is 6.39. The predicted molar refractivity (Wildman–Crippen MR) is 64.8 cm³/mol. The number of rotatable bonds is 4. The Labute approximate surface area is 88.6 Å². The van der Waals surface area contributed by atoms with Crippen LogP contribution >= 0.6 is 0 Å². The second-order valence-corrected chi connectivity index (χ2v) is 4.76. The molecule has 1 nitrogen and oxygen atoms in total. The van der Waals surface area contributed by atoms with Gasteiger partial charge in [0.2, 0.25) is 0 Å². The van der Waals surface area contributed by atoms with Crippen LogP contribution in [-0.2, 0) is 0 Å². The van der Waals surface area contributed by atoms with Crippen LogP contribution in [0.15, 0.2) is 36.7 Å². The highest BCUT2D eigenvalue weighted by atomic mass is 14.8. The molecule has 0 aliphatic carbocycles. The summed E-state index contributed by atoms with van der Waals surface area (Å²) in [5, 5.41) is 2.93. The van der Waals surface area contributed by atoms with E-state index in [1.54, 1.807) is 6.20 Å². The van der Waals surface area contributed by atoms with Crippen molar-refractivity contribution in [2.24, 2.45) is 11.3 Å². The van der Waals surface area contributed by atoms with Crippen molar-refractivity contribution >= 4 is 0 Å². The third kappa shape index (κ3) is 4.90. The quantitative estimate of drug-likeness (QED) is 0.668. The largest absolute Gasteiger partial charge is 0.368 e. The monoisotopic (exact) mass is 193 g/mol. The number of nitrogens with one attached hydrogen (secondary N) is 1. The Kier molecular flexibility index (Phi) is 5.29. The van der Waals surface area contributed by atoms with E-state index in [4.69, 9.17) is 0 Å². The maximum absolute atomic E-state index is 3.58. The van der Waals surface area contributed by atoms with E-state index in [2.05, 4.69) is 52.6 Å². The van der Waals surface area contributed by atoms with Gasteiger partial charge in [-0.3, -0.25) is 0 Å². The van der Waals surface area contributed by atoms with Crippen molar-refractivity contribution in [2.45, 2.75) is 34.6 Å². The van der Waals surface area contributed by atoms with Crippen LogP contribution < -0.4 is 5.32 Å². The standard InChI is InChI=1S/C13H23N/c1-7-14-10-8-9-12(11(2)3)13(4,5)6/h7-11,14H,1H2,2-6H3/b10-8-,12-9-. The zero-order chi connectivity index (χ0) is 11.2. The van der Waals surface area contributed by atoms with Gasteiger partial charge in [-0.2, -0.15) is 0 Å². The average Bonchev–Trinajstić information content (AvgIpc) is 2.01. The lowest BCUT2D eigenvalue weighted by molar-refractivity contribution is 0.448. The topological polar surface area (TPSA) is 12.0 Å². The van der Waals surface area contributed by atoms with E-state index < -0.39 is 0 Å². The normalized spacial score (nSPS) is 13.7. The van der Waals surface area contributed by atoms with Gasteiger partial charge in [-0.25, -0.2) is 0 Å². The Morgan fingerprint density at radius 1 is 1.29 bits per heavy atom. The summed E-state index contributed by atoms with van der Waals surface area (Å²) in [6.45, 7) is 14.8. The van der Waals surface area contributed by atoms with E-state index in [1.165, 1.54) is 5.57 Å². The molecule has 0 aromatic carbocycles. The molecule has 0 heterocycles. The Bertz CT molecular complexity index is 226. The molecule has 1 heteroatoms. The molecule has 0 unspecified atom stereocenters. The molecule has 0 bridgehead atoms. The molecule has 0 rings (SSSR count). The Hall–Kier alpha value is -0.980. The van der Waals surface area contributed by atoms with Crippen molar-refractivity contribution in [3.8, 4) is 0 Å². The molecule has 1 N–H and O–H groups in total. The first-order valence-corrected chi connectivity index (χ1v) is 5.13. The van der Waals surface area contributed by atoms with Gasteiger partial charge < -0.3 is 5.32 Å². The predicted octanol–water partition coefficient (Wildman–Crippen LogP) is 3.86. The van der Waals surface area contributed by atoms with Gasteiger partial charge in [0.15, 0.2) is 0 Å². The molecule has 0 spiro atoms. The molecule has 14 heavy (non-hydrogen) atoms. The van der Waals surface area contributed by atoms with Crippen molar-refractivity contribution in [1.82, 2.24) is 5.32 Å². The van der Waals surface area contributed by atoms with Gasteiger partial charge in [0.1, 0.15) is 0 Å². The lowest BCUT2D eigenvalue weighted by Gasteiger charge is -2.26. The first kappa shape index (κ1) is 13.0. The van der Waals surface area contributed by atoms with Crippen molar-refractivity contribution < 1.29 is 0 Å². The van der Waals surface area contributed by atoms with Gasteiger partial charge in [0.05, 0.1) is 0 Å². The molecule has 0 atom stereocenters. The molecule has 0 amide bonds. The molecule has 0 saturated heterocycles. The summed E-state index contributed by atoms with van der Waals surface area (Å²) < 4.78 is 0. The summed E-state index contributed by atoms with van der Waals surface area (Å²) in [5.41, 5.74) is 1.70. The van der Waals surface area contributed by atoms with E-state index in [0.29, 0.717) is 5.92 Å². The molecular weight excluding hydrogens is 170 g/mol. The summed E-state index contributed by atoms with van der Waals surface area (Å²) >= 11 is 0. The van der Waals surface area contributed by atoms with Crippen LogP contribution in [0.1, 0.15) is 34.6 Å². The fourth-order valence-corrected chi connectivity index (χ4v) is 1.58. The highest BCUT2D eigenvalue weighted by Crippen LogP contribution is 2.30. The van der Waals surface area contributed by atoms with Gasteiger partial charge in [-0.15, -0.1) is 0 Å². The highest BCUT2D eigenvalue weighted by Gasteiger charge is 2.18. The van der Waals surface area contributed by atoms with Gasteiger partial charge in [0, 0.05) is 6.20 Å². The van der Waals surface area contributed by atoms with Crippen LogP contribution in [0.2, 0.25) is 0 Å². The zero-order valence-corrected chi connectivity index (χ0v) is 10.1. The van der Waals surface area contributed by atoms with E-state index in [-0.39, 0.29) is 5.41 Å². The summed E-state index contributed by atoms with van der Waals surface area (Å²) in [6.07, 6.45) is 7.76. The fourth-order valence-electron chi connectivity index (χ4n) is 1.58. The molecule has 0 saturated carbocycles. The van der Waals surface area contributed by atoms with Gasteiger partial charge in [-0.05, 0) is 23.6 Å². The zero-order valence-electron chi connectivity index (χ0n) is 10.1. The lowest BCUT2D eigenvalue weighted by atomic mass is 9.80. The summed E-state index contributed by atoms with van der Waals surface area (Å²) in [6, 6.07) is 0. The summed E-state index contributed by atoms with van der Waals surface area (Å²) in [7, 11) is 0. The fraction of sp³-hybridized carbons (Fsp3) is 0.538. The highest BCUT2D eigenvalue weighted by molar-refractivity contribution is 5.19. The van der Waals surface area contributed by atoms with Crippen LogP contribution in [0.4, 0.5) is 0 Å². The molecular formula is C13H23N. The maximum Gasteiger partial charge on any atom is 0.000417 e. The average molecular weight is 193 g/mol. The van der Waals surface area contributed by atoms with E-state index >= 15 is 0 Å². The van der Waals surface area contributed by atoms with Crippen LogP contribution in [0.3, 0.4) is 0 Å². The van der Waals surface area contributed by atoms with Gasteiger partial charge in [0.25, 0.3) is 0 Å². The SMILES string of the molecule is C=CN/C=C\C=C(\C(C)C)C(C)(C)C. The summed E-state index contributed by atoms with van der Waals surface area (Å²) in [5.74, 6) is 0.586. The number of hydrogen-bond acceptors (Lipinski definition) is 1. The minimum absolute atomic E-state index is 0.243. The minimum Gasteiger partial charge on any atom is -0.368 e. The van der Waals surface area contributed by atoms with E-state index in [0.717, 1.165) is 0 Å². The number of hydrogen-bond donors (Lipinski definition) is 1. The Morgan fingerprint density at radius 2 is 1.86 bits per heavy atom. The van der Waals surface area contributed by atoms with Crippen LogP contribution in [0.5, 0.6) is 0 Å². The number of allylic oxidation sites excluding steroid dienone is 3.